The monoisotopic (exact) mass is 926 g/mol. The van der Waals surface area contributed by atoms with E-state index in [-0.39, 0.29) is 44.7 Å². The summed E-state index contributed by atoms with van der Waals surface area (Å²) in [5.74, 6) is 0. The minimum atomic E-state index is -0.438. The van der Waals surface area contributed by atoms with Gasteiger partial charge in [0.15, 0.2) is 0 Å². The van der Waals surface area contributed by atoms with Crippen LogP contribution in [0.3, 0.4) is 0 Å². The van der Waals surface area contributed by atoms with Crippen LogP contribution in [0.4, 0.5) is 4.79 Å². The second-order valence-corrected chi connectivity index (χ2v) is 13.9. The summed E-state index contributed by atoms with van der Waals surface area (Å²) in [6.07, 6.45) is 35.6. The first kappa shape index (κ1) is 55.9. The van der Waals surface area contributed by atoms with Gasteiger partial charge in [-0.25, -0.2) is 4.79 Å². The number of carbonyl (C=O) groups excluding carboxylic acids is 1. The van der Waals surface area contributed by atoms with Crippen molar-refractivity contribution in [2.75, 3.05) is 46.7 Å². The van der Waals surface area contributed by atoms with Crippen molar-refractivity contribution in [3.63, 3.8) is 0 Å². The summed E-state index contributed by atoms with van der Waals surface area (Å²) in [6, 6.07) is 0. The van der Waals surface area contributed by atoms with Crippen LogP contribution in [-0.4, -0.2) is 58.4 Å². The van der Waals surface area contributed by atoms with Crippen molar-refractivity contribution in [1.29, 1.82) is 0 Å². The minimum absolute atomic E-state index is 0. The van der Waals surface area contributed by atoms with Gasteiger partial charge in [0.2, 0.25) is 0 Å². The Labute approximate surface area is 333 Å². The Morgan fingerprint density at radius 1 is 0.633 bits per heavy atom. The van der Waals surface area contributed by atoms with Crippen LogP contribution >= 0.6 is 0 Å². The van der Waals surface area contributed by atoms with E-state index < -0.39 is 6.09 Å². The van der Waals surface area contributed by atoms with Crippen LogP contribution in [0, 0.1) is 44.5 Å². The SMILES string of the molecule is CCC.CCCCCCCCCCCCCCOC[CH-]COC(=O)NCCOCC(C)(C)OC.[CH2-]CCCCCCCCCCCCC.[HH].[U+2]. The summed E-state index contributed by atoms with van der Waals surface area (Å²) in [5.41, 5.74) is -0.317. The zero-order valence-electron chi connectivity index (χ0n) is 34.2. The maximum atomic E-state index is 11.5. The van der Waals surface area contributed by atoms with Gasteiger partial charge >= 0.3 is 37.2 Å². The van der Waals surface area contributed by atoms with Crippen LogP contribution < -0.4 is 5.32 Å². The van der Waals surface area contributed by atoms with Crippen LogP contribution in [0.5, 0.6) is 0 Å². The number of ether oxygens (including phenoxy) is 4. The smallest absolute Gasteiger partial charge is 0.482 e. The predicted octanol–water partition coefficient (Wildman–Crippen LogP) is 13.3. The summed E-state index contributed by atoms with van der Waals surface area (Å²) in [4.78, 5) is 11.5. The summed E-state index contributed by atoms with van der Waals surface area (Å²) >= 11 is 0. The predicted molar refractivity (Wildman–Crippen MR) is 212 cm³/mol. The fourth-order valence-electron chi connectivity index (χ4n) is 4.89. The molecule has 0 aromatic heterocycles. The molecule has 0 aliphatic heterocycles. The van der Waals surface area contributed by atoms with E-state index in [0.717, 1.165) is 19.4 Å². The molecular formula is C42H89NO5U. The number of nitrogens with one attached hydrogen (secondary N) is 1. The van der Waals surface area contributed by atoms with E-state index in [1.165, 1.54) is 148 Å². The first-order chi connectivity index (χ1) is 23.3. The standard InChI is InChI=1S/C25H50NO5.C14H29.C3H8.U.H2/c1-5-6-7-8-9-10-11-12-13-14-15-16-19-29-20-17-21-31-24(27)26-18-22-30-23-25(2,3)28-4;1-3-5-7-9-11-13-14-12-10-8-6-4-2;1-3-2;;/h17H,5-16,18-23H2,1-4H3,(H,26,27);1,3-14H2,2H3;3H2,1-2H3;;1H/q2*-1;;+2;. The van der Waals surface area contributed by atoms with Crippen LogP contribution in [0.25, 0.3) is 0 Å². The molecule has 0 spiro atoms. The van der Waals surface area contributed by atoms with Crippen molar-refractivity contribution in [3.05, 3.63) is 13.3 Å². The molecule has 0 fully saturated rings. The number of amides is 1. The summed E-state index contributed by atoms with van der Waals surface area (Å²) in [5, 5.41) is 2.65. The van der Waals surface area contributed by atoms with Crippen molar-refractivity contribution in [1.82, 2.24) is 5.32 Å². The number of rotatable bonds is 34. The van der Waals surface area contributed by atoms with Crippen LogP contribution in [0.15, 0.2) is 0 Å². The topological polar surface area (TPSA) is 66.0 Å². The number of unbranched alkanes of at least 4 members (excludes halogenated alkanes) is 22. The number of hydrogen-bond donors (Lipinski definition) is 1. The van der Waals surface area contributed by atoms with E-state index in [1.807, 2.05) is 20.3 Å². The Morgan fingerprint density at radius 2 is 1.04 bits per heavy atom. The molecule has 0 saturated carbocycles. The van der Waals surface area contributed by atoms with Crippen molar-refractivity contribution < 1.29 is 56.3 Å². The van der Waals surface area contributed by atoms with Crippen molar-refractivity contribution in [2.24, 2.45) is 0 Å². The average molecular weight is 926 g/mol. The fourth-order valence-corrected chi connectivity index (χ4v) is 4.89. The molecule has 0 unspecified atom stereocenters. The molecule has 1 amide bonds. The quantitative estimate of drug-likeness (QED) is 0.0514. The molecule has 0 aromatic carbocycles. The molecule has 0 bridgehead atoms. The normalized spacial score (nSPS) is 10.8. The van der Waals surface area contributed by atoms with Crippen molar-refractivity contribution in [2.45, 2.75) is 208 Å². The fraction of sp³-hybridized carbons (Fsp3) is 0.929. The van der Waals surface area contributed by atoms with Gasteiger partial charge in [0.25, 0.3) is 0 Å². The largest absolute Gasteiger partial charge is 2.00 e. The van der Waals surface area contributed by atoms with Crippen molar-refractivity contribution >= 4 is 6.09 Å². The molecule has 0 saturated heterocycles. The zero-order chi connectivity index (χ0) is 36.2. The molecule has 6 nitrogen and oxygen atoms in total. The number of carbonyl (C=O) groups is 1. The molecule has 0 atom stereocenters. The molecule has 0 aliphatic carbocycles. The number of methoxy groups -OCH3 is 1. The van der Waals surface area contributed by atoms with E-state index in [9.17, 15) is 4.79 Å². The number of hydrogen-bond acceptors (Lipinski definition) is 5. The van der Waals surface area contributed by atoms with Gasteiger partial charge in [-0.3, -0.25) is 6.42 Å². The Morgan fingerprint density at radius 3 is 1.45 bits per heavy atom. The van der Waals surface area contributed by atoms with E-state index >= 15 is 0 Å². The second-order valence-electron chi connectivity index (χ2n) is 13.9. The molecule has 0 heterocycles. The van der Waals surface area contributed by atoms with Gasteiger partial charge in [-0.05, 0) is 26.9 Å². The van der Waals surface area contributed by atoms with E-state index in [1.54, 1.807) is 7.11 Å². The van der Waals surface area contributed by atoms with E-state index in [2.05, 4.69) is 39.9 Å². The summed E-state index contributed by atoms with van der Waals surface area (Å²) < 4.78 is 21.3. The van der Waals surface area contributed by atoms with Gasteiger partial charge in [0, 0.05) is 21.7 Å². The van der Waals surface area contributed by atoms with Crippen LogP contribution in [0.1, 0.15) is 203 Å². The molecule has 7 heteroatoms. The molecule has 296 valence electrons. The molecule has 0 radical (unpaired) electrons. The molecule has 49 heavy (non-hydrogen) atoms. The van der Waals surface area contributed by atoms with Gasteiger partial charge in [-0.2, -0.15) is 6.42 Å². The zero-order valence-corrected chi connectivity index (χ0v) is 38.4. The Kier molecular flexibility index (Phi) is 57.4. The van der Waals surface area contributed by atoms with E-state index in [0.29, 0.717) is 26.4 Å². The molecular weight excluding hydrogens is 836 g/mol. The van der Waals surface area contributed by atoms with Gasteiger partial charge < -0.3 is 31.2 Å². The van der Waals surface area contributed by atoms with Gasteiger partial charge in [0.1, 0.15) is 0 Å². The summed E-state index contributed by atoms with van der Waals surface area (Å²) in [6.45, 7) is 19.4. The third kappa shape index (κ3) is 57.8. The third-order valence-electron chi connectivity index (χ3n) is 8.08. The summed E-state index contributed by atoms with van der Waals surface area (Å²) in [7, 11) is 1.65. The van der Waals surface area contributed by atoms with Crippen LogP contribution in [-0.2, 0) is 18.9 Å². The van der Waals surface area contributed by atoms with Gasteiger partial charge in [-0.1, -0.05) is 182 Å². The number of alkyl carbamates (subject to hydrolysis) is 1. The van der Waals surface area contributed by atoms with Gasteiger partial charge in [-0.15, -0.1) is 0 Å². The molecule has 0 aliphatic rings. The first-order valence-corrected chi connectivity index (χ1v) is 20.6. The van der Waals surface area contributed by atoms with Crippen molar-refractivity contribution in [3.8, 4) is 0 Å². The maximum Gasteiger partial charge on any atom is 2.00 e. The third-order valence-corrected chi connectivity index (χ3v) is 8.08. The van der Waals surface area contributed by atoms with Crippen LogP contribution in [0.2, 0.25) is 0 Å². The maximum absolute atomic E-state index is 11.5. The second kappa shape index (κ2) is 50.3. The average Bonchev–Trinajstić information content (AvgIpc) is 3.07. The Bertz CT molecular complexity index is 574. The molecule has 0 rings (SSSR count). The van der Waals surface area contributed by atoms with E-state index in [4.69, 9.17) is 18.9 Å². The Balaban J connectivity index is -0.000000297. The Hall–Kier alpha value is 0.202. The minimum Gasteiger partial charge on any atom is -0.482 e. The first-order valence-electron chi connectivity index (χ1n) is 20.6. The molecule has 1 N–H and O–H groups in total. The van der Waals surface area contributed by atoms with Gasteiger partial charge in [0.05, 0.1) is 18.8 Å². The molecule has 0 aromatic rings.